The SMILES string of the molecule is Cc1cc(C)n2nc(C(=O)NCc3ccnc(N4CCOCC4)c3)nc2n1. The van der Waals surface area contributed by atoms with Gasteiger partial charge in [0.05, 0.1) is 13.2 Å². The van der Waals surface area contributed by atoms with Crippen LogP contribution in [0.4, 0.5) is 5.82 Å². The number of anilines is 1. The van der Waals surface area contributed by atoms with Crippen molar-refractivity contribution in [3.05, 3.63) is 47.2 Å². The van der Waals surface area contributed by atoms with Crippen LogP contribution in [0.2, 0.25) is 0 Å². The number of morpholine rings is 1. The lowest BCUT2D eigenvalue weighted by Crippen LogP contribution is -2.36. The zero-order chi connectivity index (χ0) is 18.8. The molecule has 1 saturated heterocycles. The zero-order valence-corrected chi connectivity index (χ0v) is 15.3. The molecule has 3 aromatic rings. The van der Waals surface area contributed by atoms with Crippen LogP contribution in [0.1, 0.15) is 27.6 Å². The summed E-state index contributed by atoms with van der Waals surface area (Å²) in [4.78, 5) is 27.6. The van der Waals surface area contributed by atoms with Crippen LogP contribution in [0.15, 0.2) is 24.4 Å². The molecule has 0 atom stereocenters. The molecule has 9 heteroatoms. The van der Waals surface area contributed by atoms with E-state index in [0.717, 1.165) is 35.9 Å². The minimum absolute atomic E-state index is 0.110. The van der Waals surface area contributed by atoms with Gasteiger partial charge >= 0.3 is 0 Å². The van der Waals surface area contributed by atoms with Crippen molar-refractivity contribution >= 4 is 17.5 Å². The third-order valence-electron chi connectivity index (χ3n) is 4.42. The van der Waals surface area contributed by atoms with Gasteiger partial charge in [-0.1, -0.05) is 0 Å². The van der Waals surface area contributed by atoms with E-state index >= 15 is 0 Å². The van der Waals surface area contributed by atoms with Gasteiger partial charge in [0.2, 0.25) is 5.82 Å². The molecule has 0 bridgehead atoms. The highest BCUT2D eigenvalue weighted by Gasteiger charge is 2.16. The van der Waals surface area contributed by atoms with Crippen molar-refractivity contribution in [2.24, 2.45) is 0 Å². The number of carbonyl (C=O) groups excluding carboxylic acids is 1. The van der Waals surface area contributed by atoms with Gasteiger partial charge in [-0.05, 0) is 37.6 Å². The molecule has 0 radical (unpaired) electrons. The van der Waals surface area contributed by atoms with Gasteiger partial charge in [0.25, 0.3) is 11.7 Å². The minimum Gasteiger partial charge on any atom is -0.378 e. The van der Waals surface area contributed by atoms with E-state index in [1.807, 2.05) is 32.0 Å². The predicted molar refractivity (Wildman–Crippen MR) is 98.7 cm³/mol. The van der Waals surface area contributed by atoms with Crippen molar-refractivity contribution in [2.75, 3.05) is 31.2 Å². The summed E-state index contributed by atoms with van der Waals surface area (Å²) in [7, 11) is 0. The van der Waals surface area contributed by atoms with Crippen LogP contribution in [0, 0.1) is 13.8 Å². The first-order valence-electron chi connectivity index (χ1n) is 8.87. The number of rotatable bonds is 4. The van der Waals surface area contributed by atoms with E-state index in [-0.39, 0.29) is 11.7 Å². The van der Waals surface area contributed by atoms with Gasteiger partial charge in [-0.3, -0.25) is 4.79 Å². The van der Waals surface area contributed by atoms with Gasteiger partial charge in [0, 0.05) is 37.2 Å². The lowest BCUT2D eigenvalue weighted by molar-refractivity contribution is 0.0940. The minimum atomic E-state index is -0.331. The number of nitrogens with zero attached hydrogens (tertiary/aromatic N) is 6. The maximum atomic E-state index is 12.5. The molecule has 9 nitrogen and oxygen atoms in total. The van der Waals surface area contributed by atoms with Gasteiger partial charge in [-0.2, -0.15) is 4.98 Å². The van der Waals surface area contributed by atoms with Crippen molar-refractivity contribution in [1.82, 2.24) is 29.9 Å². The largest absolute Gasteiger partial charge is 0.378 e. The lowest BCUT2D eigenvalue weighted by atomic mass is 10.2. The molecule has 1 aliphatic rings. The summed E-state index contributed by atoms with van der Waals surface area (Å²) in [5, 5.41) is 7.12. The summed E-state index contributed by atoms with van der Waals surface area (Å²) < 4.78 is 6.95. The van der Waals surface area contributed by atoms with Crippen molar-refractivity contribution < 1.29 is 9.53 Å². The summed E-state index contributed by atoms with van der Waals surface area (Å²) in [5.74, 6) is 1.10. The number of amides is 1. The first-order valence-corrected chi connectivity index (χ1v) is 8.87. The molecule has 4 rings (SSSR count). The summed E-state index contributed by atoms with van der Waals surface area (Å²) in [5.41, 5.74) is 2.69. The van der Waals surface area contributed by atoms with Gasteiger partial charge in [0.1, 0.15) is 5.82 Å². The average Bonchev–Trinajstić information content (AvgIpc) is 3.11. The number of carbonyl (C=O) groups is 1. The molecule has 1 amide bonds. The topological polar surface area (TPSA) is 97.5 Å². The normalized spacial score (nSPS) is 14.5. The number of ether oxygens (including phenoxy) is 1. The number of fused-ring (bicyclic) bond motifs is 1. The zero-order valence-electron chi connectivity index (χ0n) is 15.3. The fourth-order valence-corrected chi connectivity index (χ4v) is 3.06. The number of nitrogens with one attached hydrogen (secondary N) is 1. The Morgan fingerprint density at radius 2 is 2.04 bits per heavy atom. The van der Waals surface area contributed by atoms with Gasteiger partial charge in [-0.15, -0.1) is 5.10 Å². The molecule has 27 heavy (non-hydrogen) atoms. The fraction of sp³-hybridized carbons (Fsp3) is 0.389. The van der Waals surface area contributed by atoms with Crippen LogP contribution in [0.5, 0.6) is 0 Å². The van der Waals surface area contributed by atoms with E-state index in [4.69, 9.17) is 4.74 Å². The molecule has 0 aromatic carbocycles. The molecule has 4 heterocycles. The van der Waals surface area contributed by atoms with Crippen molar-refractivity contribution in [3.8, 4) is 0 Å². The van der Waals surface area contributed by atoms with E-state index in [1.54, 1.807) is 10.7 Å². The second-order valence-electron chi connectivity index (χ2n) is 6.49. The van der Waals surface area contributed by atoms with Gasteiger partial charge in [-0.25, -0.2) is 14.5 Å². The number of aromatic nitrogens is 5. The molecule has 0 saturated carbocycles. The Hall–Kier alpha value is -3.07. The van der Waals surface area contributed by atoms with Crippen LogP contribution in [-0.2, 0) is 11.3 Å². The standard InChI is InChI=1S/C18H21N7O2/c1-12-9-13(2)25-18(21-12)22-16(23-25)17(26)20-11-14-3-4-19-15(10-14)24-5-7-27-8-6-24/h3-4,9-10H,5-8,11H2,1-2H3,(H,20,26). The van der Waals surface area contributed by atoms with Gasteiger partial charge < -0.3 is 15.0 Å². The summed E-state index contributed by atoms with van der Waals surface area (Å²) >= 11 is 0. The van der Waals surface area contributed by atoms with Crippen molar-refractivity contribution in [1.29, 1.82) is 0 Å². The second-order valence-corrected chi connectivity index (χ2v) is 6.49. The Morgan fingerprint density at radius 1 is 1.22 bits per heavy atom. The van der Waals surface area contributed by atoms with Crippen LogP contribution < -0.4 is 10.2 Å². The Kier molecular flexibility index (Phi) is 4.68. The molecule has 140 valence electrons. The highest BCUT2D eigenvalue weighted by molar-refractivity contribution is 5.90. The van der Waals surface area contributed by atoms with E-state index in [0.29, 0.717) is 25.5 Å². The highest BCUT2D eigenvalue weighted by Crippen LogP contribution is 2.14. The smallest absolute Gasteiger partial charge is 0.291 e. The molecule has 1 aliphatic heterocycles. The molecular weight excluding hydrogens is 346 g/mol. The summed E-state index contributed by atoms with van der Waals surface area (Å²) in [6.45, 7) is 7.21. The molecule has 1 N–H and O–H groups in total. The van der Waals surface area contributed by atoms with E-state index < -0.39 is 0 Å². The number of aryl methyl sites for hydroxylation is 2. The Labute approximate surface area is 156 Å². The van der Waals surface area contributed by atoms with E-state index in [2.05, 4.69) is 30.3 Å². The molecule has 3 aromatic heterocycles. The lowest BCUT2D eigenvalue weighted by Gasteiger charge is -2.28. The first-order chi connectivity index (χ1) is 13.1. The fourth-order valence-electron chi connectivity index (χ4n) is 3.06. The van der Waals surface area contributed by atoms with Crippen LogP contribution in [0.25, 0.3) is 5.78 Å². The molecule has 0 unspecified atom stereocenters. The highest BCUT2D eigenvalue weighted by atomic mass is 16.5. The monoisotopic (exact) mass is 367 g/mol. The number of hydrogen-bond acceptors (Lipinski definition) is 7. The van der Waals surface area contributed by atoms with Gasteiger partial charge in [0.15, 0.2) is 0 Å². The quantitative estimate of drug-likeness (QED) is 0.732. The number of hydrogen-bond donors (Lipinski definition) is 1. The maximum Gasteiger partial charge on any atom is 0.291 e. The Morgan fingerprint density at radius 3 is 2.85 bits per heavy atom. The molecule has 0 aliphatic carbocycles. The average molecular weight is 367 g/mol. The van der Waals surface area contributed by atoms with Crippen molar-refractivity contribution in [2.45, 2.75) is 20.4 Å². The molecular formula is C18H21N7O2. The Balaban J connectivity index is 1.45. The third kappa shape index (κ3) is 3.72. The van der Waals surface area contributed by atoms with E-state index in [9.17, 15) is 4.79 Å². The third-order valence-corrected chi connectivity index (χ3v) is 4.42. The van der Waals surface area contributed by atoms with Crippen LogP contribution in [0.3, 0.4) is 0 Å². The molecule has 0 spiro atoms. The van der Waals surface area contributed by atoms with Crippen molar-refractivity contribution in [3.63, 3.8) is 0 Å². The Bertz CT molecular complexity index is 979. The number of pyridine rings is 1. The van der Waals surface area contributed by atoms with Crippen LogP contribution >= 0.6 is 0 Å². The summed E-state index contributed by atoms with van der Waals surface area (Å²) in [6.07, 6.45) is 1.76. The summed E-state index contributed by atoms with van der Waals surface area (Å²) in [6, 6.07) is 5.77. The first kappa shape index (κ1) is 17.3. The van der Waals surface area contributed by atoms with E-state index in [1.165, 1.54) is 0 Å². The second kappa shape index (κ2) is 7.28. The molecule has 1 fully saturated rings. The predicted octanol–water partition coefficient (Wildman–Crippen LogP) is 0.903. The maximum absolute atomic E-state index is 12.5. The van der Waals surface area contributed by atoms with Crippen LogP contribution in [-0.4, -0.2) is 56.8 Å².